The van der Waals surface area contributed by atoms with Crippen molar-refractivity contribution in [1.82, 2.24) is 0 Å². The molecular weight excluding hydrogens is 537 g/mol. The summed E-state index contributed by atoms with van der Waals surface area (Å²) in [5, 5.41) is 2.26. The number of nitrogens with zero attached hydrogens (tertiary/aromatic N) is 1. The summed E-state index contributed by atoms with van der Waals surface area (Å²) in [6, 6.07) is 20.0. The van der Waals surface area contributed by atoms with Crippen molar-refractivity contribution in [3.63, 3.8) is 0 Å². The van der Waals surface area contributed by atoms with Crippen molar-refractivity contribution < 1.29 is 37.1 Å². The van der Waals surface area contributed by atoms with E-state index >= 15 is 0 Å². The van der Waals surface area contributed by atoms with Gasteiger partial charge in [0.2, 0.25) is 11.8 Å². The van der Waals surface area contributed by atoms with Crippen molar-refractivity contribution in [2.24, 2.45) is 23.7 Å². The van der Waals surface area contributed by atoms with Crippen molar-refractivity contribution >= 4 is 35.1 Å². The lowest BCUT2D eigenvalue weighted by molar-refractivity contribution is -0.137. The van der Waals surface area contributed by atoms with Gasteiger partial charge in [-0.25, -0.2) is 4.79 Å². The van der Waals surface area contributed by atoms with Gasteiger partial charge >= 0.3 is 12.1 Å². The number of amides is 3. The molecule has 0 radical (unpaired) electrons. The minimum absolute atomic E-state index is 0.0848. The second kappa shape index (κ2) is 10.2. The minimum Gasteiger partial charge on any atom is -0.452 e. The molecule has 2 saturated carbocycles. The molecule has 1 saturated heterocycles. The lowest BCUT2D eigenvalue weighted by Gasteiger charge is -2.28. The van der Waals surface area contributed by atoms with E-state index in [1.54, 1.807) is 0 Å². The van der Waals surface area contributed by atoms with Gasteiger partial charge in [-0.15, -0.1) is 0 Å². The SMILES string of the molecule is O=C(COC(=O)c1ccc(N2C(=O)[C@@H]3[C@@H]4C[C@@H]([C@H]3C2=O)[C@H](c2ccccc2)C4)cc1)Nc1cccc(C(F)(F)F)c1. The number of anilines is 2. The number of fused-ring (bicyclic) bond motifs is 5. The third kappa shape index (κ3) is 4.87. The van der Waals surface area contributed by atoms with E-state index in [0.29, 0.717) is 5.69 Å². The van der Waals surface area contributed by atoms with Crippen LogP contribution in [0, 0.1) is 23.7 Å². The maximum Gasteiger partial charge on any atom is 0.416 e. The highest BCUT2D eigenvalue weighted by atomic mass is 19.4. The number of carbonyl (C=O) groups is 4. The third-order valence-corrected chi connectivity index (χ3v) is 8.41. The molecule has 5 atom stereocenters. The molecule has 3 aromatic rings. The van der Waals surface area contributed by atoms with E-state index in [-0.39, 0.29) is 52.7 Å². The first-order valence-electron chi connectivity index (χ1n) is 13.3. The highest BCUT2D eigenvalue weighted by Crippen LogP contribution is 2.61. The predicted octanol–water partition coefficient (Wildman–Crippen LogP) is 5.43. The molecule has 3 fully saturated rings. The van der Waals surface area contributed by atoms with Crippen LogP contribution >= 0.6 is 0 Å². The highest BCUT2D eigenvalue weighted by Gasteiger charge is 2.64. The third-order valence-electron chi connectivity index (χ3n) is 8.41. The van der Waals surface area contributed by atoms with Gasteiger partial charge in [0.1, 0.15) is 0 Å². The standard InChI is InChI=1S/C31H25F3N2O5/c32-31(33,34)20-7-4-8-21(15-20)35-25(37)16-41-30(40)18-9-11-22(12-10-18)36-28(38)26-19-13-23(17-5-2-1-3-6-17)24(14-19)27(26)29(36)39/h1-12,15,19,23-24,26-27H,13-14,16H2,(H,35,37)/t19-,23-,24+,26+,27+/m0/s1. The number of esters is 1. The van der Waals surface area contributed by atoms with Gasteiger partial charge in [0.05, 0.1) is 28.7 Å². The van der Waals surface area contributed by atoms with E-state index in [0.717, 1.165) is 31.0 Å². The summed E-state index contributed by atoms with van der Waals surface area (Å²) in [4.78, 5) is 52.7. The Balaban J connectivity index is 1.08. The summed E-state index contributed by atoms with van der Waals surface area (Å²) in [5.74, 6) is -2.22. The Morgan fingerprint density at radius 2 is 1.59 bits per heavy atom. The number of carbonyl (C=O) groups excluding carboxylic acids is 4. The zero-order valence-corrected chi connectivity index (χ0v) is 21.6. The number of nitrogens with one attached hydrogen (secondary N) is 1. The second-order valence-corrected chi connectivity index (χ2v) is 10.7. The van der Waals surface area contributed by atoms with Crippen LogP contribution in [0.1, 0.15) is 40.2 Å². The zero-order valence-electron chi connectivity index (χ0n) is 21.6. The van der Waals surface area contributed by atoms with Crippen molar-refractivity contribution in [3.05, 3.63) is 95.6 Å². The molecule has 2 aliphatic carbocycles. The van der Waals surface area contributed by atoms with Gasteiger partial charge in [-0.1, -0.05) is 36.4 Å². The fraction of sp³-hybridized carbons (Fsp3) is 0.290. The molecule has 0 spiro atoms. The zero-order chi connectivity index (χ0) is 28.9. The summed E-state index contributed by atoms with van der Waals surface area (Å²) in [6.07, 6.45) is -2.81. The molecule has 0 aromatic heterocycles. The van der Waals surface area contributed by atoms with Crippen LogP contribution in [0.25, 0.3) is 0 Å². The number of hydrogen-bond donors (Lipinski definition) is 1. The summed E-state index contributed by atoms with van der Waals surface area (Å²) < 4.78 is 43.6. The van der Waals surface area contributed by atoms with Crippen LogP contribution in [0.2, 0.25) is 0 Å². The number of alkyl halides is 3. The fourth-order valence-corrected chi connectivity index (χ4v) is 6.73. The molecule has 3 amide bonds. The van der Waals surface area contributed by atoms with E-state index in [1.807, 2.05) is 18.2 Å². The number of halogens is 3. The van der Waals surface area contributed by atoms with E-state index in [4.69, 9.17) is 4.74 Å². The monoisotopic (exact) mass is 562 g/mol. The summed E-state index contributed by atoms with van der Waals surface area (Å²) in [6.45, 7) is -0.714. The van der Waals surface area contributed by atoms with Gasteiger partial charge in [-0.05, 0) is 78.6 Å². The lowest BCUT2D eigenvalue weighted by Crippen LogP contribution is -2.33. The maximum absolute atomic E-state index is 13.5. The molecule has 2 bridgehead atoms. The molecule has 1 aliphatic heterocycles. The smallest absolute Gasteiger partial charge is 0.416 e. The first-order valence-corrected chi connectivity index (χ1v) is 13.3. The van der Waals surface area contributed by atoms with Gasteiger partial charge in [0.25, 0.3) is 5.91 Å². The van der Waals surface area contributed by atoms with Crippen molar-refractivity contribution in [1.29, 1.82) is 0 Å². The fourth-order valence-electron chi connectivity index (χ4n) is 6.73. The lowest BCUT2D eigenvalue weighted by atomic mass is 9.73. The molecule has 0 unspecified atom stereocenters. The van der Waals surface area contributed by atoms with Gasteiger partial charge < -0.3 is 10.1 Å². The minimum atomic E-state index is -4.56. The summed E-state index contributed by atoms with van der Waals surface area (Å²) in [5.41, 5.74) is 0.643. The quantitative estimate of drug-likeness (QED) is 0.320. The maximum atomic E-state index is 13.5. The van der Waals surface area contributed by atoms with Gasteiger partial charge in [0, 0.05) is 5.69 Å². The van der Waals surface area contributed by atoms with Crippen LogP contribution in [-0.4, -0.2) is 30.3 Å². The molecule has 41 heavy (non-hydrogen) atoms. The summed E-state index contributed by atoms with van der Waals surface area (Å²) in [7, 11) is 0. The Labute approximate surface area is 233 Å². The molecule has 7 nitrogen and oxygen atoms in total. The van der Waals surface area contributed by atoms with Crippen LogP contribution in [0.3, 0.4) is 0 Å². The first-order chi connectivity index (χ1) is 19.6. The average molecular weight is 563 g/mol. The number of ether oxygens (including phenoxy) is 1. The van der Waals surface area contributed by atoms with Crippen LogP contribution in [0.4, 0.5) is 24.5 Å². The van der Waals surface area contributed by atoms with Crippen LogP contribution < -0.4 is 10.2 Å². The number of hydrogen-bond acceptors (Lipinski definition) is 5. The Hall–Kier alpha value is -4.47. The van der Waals surface area contributed by atoms with E-state index < -0.39 is 30.2 Å². The van der Waals surface area contributed by atoms with E-state index in [2.05, 4.69) is 17.4 Å². The Bertz CT molecular complexity index is 1520. The van der Waals surface area contributed by atoms with E-state index in [9.17, 15) is 32.3 Å². The van der Waals surface area contributed by atoms with Crippen molar-refractivity contribution in [3.8, 4) is 0 Å². The number of rotatable bonds is 6. The highest BCUT2D eigenvalue weighted by molar-refractivity contribution is 6.22. The summed E-state index contributed by atoms with van der Waals surface area (Å²) >= 11 is 0. The normalized spacial score (nSPS) is 24.9. The molecular formula is C31H25F3N2O5. The van der Waals surface area contributed by atoms with Crippen LogP contribution in [0.5, 0.6) is 0 Å². The van der Waals surface area contributed by atoms with Crippen molar-refractivity contribution in [2.75, 3.05) is 16.8 Å². The molecule has 1 N–H and O–H groups in total. The molecule has 3 aliphatic rings. The number of benzene rings is 3. The van der Waals surface area contributed by atoms with Gasteiger partial charge in [-0.2, -0.15) is 13.2 Å². The van der Waals surface area contributed by atoms with Crippen LogP contribution in [0.15, 0.2) is 78.9 Å². The predicted molar refractivity (Wildman–Crippen MR) is 142 cm³/mol. The molecule has 1 heterocycles. The average Bonchev–Trinajstić information content (AvgIpc) is 3.63. The number of imide groups is 1. The van der Waals surface area contributed by atoms with Gasteiger partial charge in [0.15, 0.2) is 6.61 Å². The second-order valence-electron chi connectivity index (χ2n) is 10.7. The Morgan fingerprint density at radius 3 is 2.29 bits per heavy atom. The Morgan fingerprint density at radius 1 is 0.878 bits per heavy atom. The van der Waals surface area contributed by atoms with Crippen molar-refractivity contribution in [2.45, 2.75) is 24.9 Å². The van der Waals surface area contributed by atoms with E-state index in [1.165, 1.54) is 40.8 Å². The van der Waals surface area contributed by atoms with Crippen LogP contribution in [-0.2, 0) is 25.3 Å². The molecule has 210 valence electrons. The Kier molecular flexibility index (Phi) is 6.63. The molecule has 3 aromatic carbocycles. The first kappa shape index (κ1) is 26.7. The molecule has 10 heteroatoms. The topological polar surface area (TPSA) is 92.8 Å². The largest absolute Gasteiger partial charge is 0.452 e. The van der Waals surface area contributed by atoms with Gasteiger partial charge in [-0.3, -0.25) is 19.3 Å². The molecule has 6 rings (SSSR count).